The van der Waals surface area contributed by atoms with Crippen molar-refractivity contribution < 1.29 is 24.0 Å². The number of carbonyl (C=O) groups excluding carboxylic acids is 3. The molecular weight excluding hydrogens is 376 g/mol. The van der Waals surface area contributed by atoms with E-state index in [0.29, 0.717) is 36.8 Å². The van der Waals surface area contributed by atoms with Crippen molar-refractivity contribution in [3.8, 4) is 0 Å². The lowest BCUT2D eigenvalue weighted by atomic mass is 9.91. The van der Waals surface area contributed by atoms with Crippen LogP contribution < -0.4 is 5.32 Å². The lowest BCUT2D eigenvalue weighted by molar-refractivity contribution is -0.158. The molecule has 1 unspecified atom stereocenters. The first-order valence-corrected chi connectivity index (χ1v) is 10.4. The van der Waals surface area contributed by atoms with Crippen LogP contribution in [0, 0.1) is 17.3 Å². The third-order valence-corrected chi connectivity index (χ3v) is 6.68. The first kappa shape index (κ1) is 19.9. The van der Waals surface area contributed by atoms with E-state index in [0.717, 1.165) is 38.5 Å². The molecule has 1 saturated heterocycles. The minimum absolute atomic E-state index is 0.0235. The lowest BCUT2D eigenvalue weighted by Gasteiger charge is -2.30. The summed E-state index contributed by atoms with van der Waals surface area (Å²) in [5.74, 6) is -0.560. The number of hydroxylamine groups is 2. The second kappa shape index (κ2) is 8.14. The van der Waals surface area contributed by atoms with Gasteiger partial charge in [0.2, 0.25) is 12.3 Å². The standard InChI is InChI=1S/C20H28N4O5/c25-13-23(28)11-15(9-14-3-1-2-4-14)18(27)24-12-20(5-6-20)10-16(24)17(26)22-19-21-7-8-29-19/h7-8,13-16,28H,1-6,9-12H2,(H,21,22,26)/t15?,16-/m0/s1. The molecule has 29 heavy (non-hydrogen) atoms. The molecule has 3 aliphatic rings. The zero-order valence-corrected chi connectivity index (χ0v) is 16.5. The predicted molar refractivity (Wildman–Crippen MR) is 102 cm³/mol. The van der Waals surface area contributed by atoms with Crippen LogP contribution in [0.4, 0.5) is 6.01 Å². The largest absolute Gasteiger partial charge is 0.432 e. The van der Waals surface area contributed by atoms with Crippen molar-refractivity contribution in [2.75, 3.05) is 18.4 Å². The van der Waals surface area contributed by atoms with Crippen molar-refractivity contribution in [3.63, 3.8) is 0 Å². The molecule has 1 spiro atoms. The number of aromatic nitrogens is 1. The van der Waals surface area contributed by atoms with Crippen LogP contribution in [0.2, 0.25) is 0 Å². The Bertz CT molecular complexity index is 742. The Hall–Kier alpha value is -2.42. The average Bonchev–Trinajstić information content (AvgIpc) is 3.13. The fraction of sp³-hybridized carbons (Fsp3) is 0.700. The van der Waals surface area contributed by atoms with E-state index in [-0.39, 0.29) is 29.8 Å². The van der Waals surface area contributed by atoms with Crippen molar-refractivity contribution in [2.45, 2.75) is 57.4 Å². The van der Waals surface area contributed by atoms with Gasteiger partial charge in [-0.2, -0.15) is 0 Å². The Morgan fingerprint density at radius 3 is 2.79 bits per heavy atom. The van der Waals surface area contributed by atoms with E-state index >= 15 is 0 Å². The fourth-order valence-electron chi connectivity index (χ4n) is 4.94. The summed E-state index contributed by atoms with van der Waals surface area (Å²) in [6.07, 6.45) is 10.8. The molecular formula is C20H28N4O5. The van der Waals surface area contributed by atoms with Gasteiger partial charge < -0.3 is 9.32 Å². The highest BCUT2D eigenvalue weighted by Crippen LogP contribution is 2.55. The Balaban J connectivity index is 1.50. The number of rotatable bonds is 8. The molecule has 3 fully saturated rings. The molecule has 2 saturated carbocycles. The number of anilines is 1. The van der Waals surface area contributed by atoms with E-state index in [1.165, 1.54) is 12.5 Å². The highest BCUT2D eigenvalue weighted by Gasteiger charge is 2.56. The molecule has 2 atom stereocenters. The number of hydrogen-bond acceptors (Lipinski definition) is 6. The van der Waals surface area contributed by atoms with Gasteiger partial charge >= 0.3 is 6.01 Å². The minimum atomic E-state index is -0.591. The number of nitrogens with one attached hydrogen (secondary N) is 1. The summed E-state index contributed by atoms with van der Waals surface area (Å²) in [4.78, 5) is 42.9. The second-order valence-electron chi connectivity index (χ2n) is 8.82. The van der Waals surface area contributed by atoms with Gasteiger partial charge in [-0.3, -0.25) is 24.9 Å². The molecule has 1 aromatic heterocycles. The Kier molecular flexibility index (Phi) is 5.58. The van der Waals surface area contributed by atoms with E-state index in [4.69, 9.17) is 4.42 Å². The molecule has 9 heteroatoms. The molecule has 3 amide bonds. The third kappa shape index (κ3) is 4.44. The molecule has 1 aliphatic heterocycles. The van der Waals surface area contributed by atoms with Crippen LogP contribution in [-0.4, -0.2) is 57.5 Å². The molecule has 9 nitrogen and oxygen atoms in total. The maximum Gasteiger partial charge on any atom is 0.301 e. The monoisotopic (exact) mass is 404 g/mol. The molecule has 4 rings (SSSR count). The van der Waals surface area contributed by atoms with E-state index in [9.17, 15) is 19.6 Å². The van der Waals surface area contributed by atoms with Crippen molar-refractivity contribution in [3.05, 3.63) is 12.5 Å². The van der Waals surface area contributed by atoms with Crippen LogP contribution in [0.3, 0.4) is 0 Å². The van der Waals surface area contributed by atoms with Gasteiger partial charge in [-0.05, 0) is 37.0 Å². The summed E-state index contributed by atoms with van der Waals surface area (Å²) in [7, 11) is 0. The van der Waals surface area contributed by atoms with E-state index in [2.05, 4.69) is 10.3 Å². The van der Waals surface area contributed by atoms with Gasteiger partial charge in [0.15, 0.2) is 0 Å². The minimum Gasteiger partial charge on any atom is -0.432 e. The number of nitrogens with zero attached hydrogens (tertiary/aromatic N) is 3. The van der Waals surface area contributed by atoms with E-state index in [1.54, 1.807) is 4.90 Å². The topological polar surface area (TPSA) is 116 Å². The predicted octanol–water partition coefficient (Wildman–Crippen LogP) is 2.04. The van der Waals surface area contributed by atoms with Gasteiger partial charge in [-0.1, -0.05) is 25.7 Å². The summed E-state index contributed by atoms with van der Waals surface area (Å²) in [6, 6.07) is -0.476. The Morgan fingerprint density at radius 1 is 1.41 bits per heavy atom. The maximum absolute atomic E-state index is 13.5. The molecule has 0 aromatic carbocycles. The van der Waals surface area contributed by atoms with Crippen LogP contribution in [-0.2, 0) is 14.4 Å². The molecule has 2 heterocycles. The molecule has 0 radical (unpaired) electrons. The second-order valence-corrected chi connectivity index (χ2v) is 8.82. The number of amides is 3. The highest BCUT2D eigenvalue weighted by atomic mass is 16.5. The first-order chi connectivity index (χ1) is 14.0. The highest BCUT2D eigenvalue weighted by molar-refractivity contribution is 5.96. The summed E-state index contributed by atoms with van der Waals surface area (Å²) in [5, 5.41) is 12.9. The van der Waals surface area contributed by atoms with Gasteiger partial charge in [0, 0.05) is 6.54 Å². The number of hydrogen-bond donors (Lipinski definition) is 2. The maximum atomic E-state index is 13.5. The summed E-state index contributed by atoms with van der Waals surface area (Å²) >= 11 is 0. The van der Waals surface area contributed by atoms with Crippen LogP contribution in [0.25, 0.3) is 0 Å². The lowest BCUT2D eigenvalue weighted by Crippen LogP contribution is -2.48. The summed E-state index contributed by atoms with van der Waals surface area (Å²) < 4.78 is 5.11. The van der Waals surface area contributed by atoms with Gasteiger partial charge in [0.05, 0.1) is 18.7 Å². The fourth-order valence-corrected chi connectivity index (χ4v) is 4.94. The number of carbonyl (C=O) groups is 3. The van der Waals surface area contributed by atoms with Crippen LogP contribution >= 0.6 is 0 Å². The normalized spacial score (nSPS) is 23.9. The van der Waals surface area contributed by atoms with Crippen molar-refractivity contribution in [1.29, 1.82) is 0 Å². The molecule has 2 aliphatic carbocycles. The summed E-state index contributed by atoms with van der Waals surface area (Å²) in [6.45, 7) is 0.500. The van der Waals surface area contributed by atoms with Crippen LogP contribution in [0.1, 0.15) is 51.4 Å². The van der Waals surface area contributed by atoms with Crippen molar-refractivity contribution in [1.82, 2.24) is 14.9 Å². The smallest absolute Gasteiger partial charge is 0.301 e. The van der Waals surface area contributed by atoms with Gasteiger partial charge in [0.1, 0.15) is 12.3 Å². The molecule has 1 aromatic rings. The molecule has 0 bridgehead atoms. The Labute approximate surface area is 169 Å². The zero-order chi connectivity index (χ0) is 20.4. The van der Waals surface area contributed by atoms with E-state index < -0.39 is 12.0 Å². The number of likely N-dealkylation sites (tertiary alicyclic amines) is 1. The third-order valence-electron chi connectivity index (χ3n) is 6.68. The number of oxazole rings is 1. The van der Waals surface area contributed by atoms with Crippen LogP contribution in [0.5, 0.6) is 0 Å². The Morgan fingerprint density at radius 2 is 2.17 bits per heavy atom. The summed E-state index contributed by atoms with van der Waals surface area (Å²) in [5.41, 5.74) is 0.0235. The van der Waals surface area contributed by atoms with Gasteiger partial charge in [-0.25, -0.2) is 10.0 Å². The average molecular weight is 404 g/mol. The van der Waals surface area contributed by atoms with Gasteiger partial charge in [-0.15, -0.1) is 0 Å². The molecule has 158 valence electrons. The van der Waals surface area contributed by atoms with Gasteiger partial charge in [0.25, 0.3) is 5.91 Å². The molecule has 2 N–H and O–H groups in total. The van der Waals surface area contributed by atoms with Crippen LogP contribution in [0.15, 0.2) is 16.9 Å². The first-order valence-electron chi connectivity index (χ1n) is 10.4. The van der Waals surface area contributed by atoms with Crippen molar-refractivity contribution in [2.24, 2.45) is 17.3 Å². The van der Waals surface area contributed by atoms with Crippen molar-refractivity contribution >= 4 is 24.2 Å². The SMILES string of the molecule is O=CN(O)CC(CC1CCCC1)C(=O)N1CC2(CC2)C[C@H]1C(=O)Nc1ncco1. The quantitative estimate of drug-likeness (QED) is 0.389. The van der Waals surface area contributed by atoms with E-state index in [1.807, 2.05) is 0 Å². The zero-order valence-electron chi connectivity index (χ0n) is 16.5.